The second kappa shape index (κ2) is 12.0. The van der Waals surface area contributed by atoms with E-state index in [-0.39, 0.29) is 36.0 Å². The number of rotatable bonds is 11. The Bertz CT molecular complexity index is 1370. The molecule has 2 atom stereocenters. The molecule has 9 heteroatoms. The van der Waals surface area contributed by atoms with E-state index in [1.165, 1.54) is 23.3 Å². The van der Waals surface area contributed by atoms with Crippen LogP contribution >= 0.6 is 0 Å². The van der Waals surface area contributed by atoms with Crippen molar-refractivity contribution < 1.29 is 23.4 Å². The lowest BCUT2D eigenvalue weighted by molar-refractivity contribution is -0.121. The van der Waals surface area contributed by atoms with Gasteiger partial charge in [0.05, 0.1) is 24.5 Å². The van der Waals surface area contributed by atoms with Gasteiger partial charge in [-0.3, -0.25) is 9.52 Å². The van der Waals surface area contributed by atoms with Gasteiger partial charge >= 0.3 is 0 Å². The van der Waals surface area contributed by atoms with Crippen LogP contribution in [0.5, 0.6) is 5.75 Å². The van der Waals surface area contributed by atoms with E-state index in [0.717, 1.165) is 30.2 Å². The van der Waals surface area contributed by atoms with Crippen molar-refractivity contribution in [2.45, 2.75) is 50.8 Å². The Morgan fingerprint density at radius 1 is 1.00 bits per heavy atom. The SMILES string of the molecule is C[C@H](Cc1cccc(CC(=O)NC2Cc3ccccc3C2)c1)NC[C@H](O)c1ccc(O)c(NS(C)(=O)=O)c1. The number of nitrogens with one attached hydrogen (secondary N) is 3. The molecule has 0 spiro atoms. The van der Waals surface area contributed by atoms with Crippen LogP contribution in [0.2, 0.25) is 0 Å². The fourth-order valence-corrected chi connectivity index (χ4v) is 5.45. The van der Waals surface area contributed by atoms with Gasteiger partial charge in [-0.05, 0) is 66.1 Å². The van der Waals surface area contributed by atoms with Crippen molar-refractivity contribution in [2.24, 2.45) is 0 Å². The van der Waals surface area contributed by atoms with E-state index >= 15 is 0 Å². The summed E-state index contributed by atoms with van der Waals surface area (Å²) in [6, 6.07) is 20.8. The zero-order chi connectivity index (χ0) is 27.3. The van der Waals surface area contributed by atoms with E-state index in [0.29, 0.717) is 18.4 Å². The Morgan fingerprint density at radius 3 is 2.37 bits per heavy atom. The van der Waals surface area contributed by atoms with Crippen molar-refractivity contribution in [2.75, 3.05) is 17.5 Å². The number of hydrogen-bond acceptors (Lipinski definition) is 6. The lowest BCUT2D eigenvalue weighted by Gasteiger charge is -2.19. The molecule has 8 nitrogen and oxygen atoms in total. The lowest BCUT2D eigenvalue weighted by atomic mass is 10.0. The largest absolute Gasteiger partial charge is 0.506 e. The third kappa shape index (κ3) is 7.80. The number of anilines is 1. The molecule has 5 N–H and O–H groups in total. The summed E-state index contributed by atoms with van der Waals surface area (Å²) in [5, 5.41) is 27.0. The molecule has 4 rings (SSSR count). The van der Waals surface area contributed by atoms with Crippen LogP contribution in [-0.4, -0.2) is 49.4 Å². The molecule has 3 aromatic carbocycles. The normalized spacial score (nSPS) is 15.0. The van der Waals surface area contributed by atoms with Crippen molar-refractivity contribution in [3.8, 4) is 5.75 Å². The van der Waals surface area contributed by atoms with Crippen LogP contribution in [0.1, 0.15) is 40.8 Å². The zero-order valence-electron chi connectivity index (χ0n) is 21.6. The number of phenolic OH excluding ortho intramolecular Hbond substituents is 1. The zero-order valence-corrected chi connectivity index (χ0v) is 22.5. The Morgan fingerprint density at radius 2 is 1.68 bits per heavy atom. The number of phenols is 1. The van der Waals surface area contributed by atoms with Gasteiger partial charge in [0.2, 0.25) is 15.9 Å². The summed E-state index contributed by atoms with van der Waals surface area (Å²) >= 11 is 0. The molecule has 0 unspecified atom stereocenters. The Labute approximate surface area is 224 Å². The van der Waals surface area contributed by atoms with Gasteiger partial charge in [-0.15, -0.1) is 0 Å². The Kier molecular flexibility index (Phi) is 8.71. The number of carbonyl (C=O) groups excluding carboxylic acids is 1. The number of fused-ring (bicyclic) bond motifs is 1. The smallest absolute Gasteiger partial charge is 0.229 e. The van der Waals surface area contributed by atoms with E-state index in [9.17, 15) is 23.4 Å². The summed E-state index contributed by atoms with van der Waals surface area (Å²) in [5.41, 5.74) is 5.16. The van der Waals surface area contributed by atoms with Gasteiger partial charge in [0, 0.05) is 18.6 Å². The van der Waals surface area contributed by atoms with Crippen LogP contribution in [0, 0.1) is 0 Å². The van der Waals surface area contributed by atoms with Crippen molar-refractivity contribution in [3.63, 3.8) is 0 Å². The summed E-state index contributed by atoms with van der Waals surface area (Å²) in [6.07, 6.45) is 2.88. The average molecular weight is 538 g/mol. The van der Waals surface area contributed by atoms with E-state index < -0.39 is 16.1 Å². The number of hydrogen-bond donors (Lipinski definition) is 5. The molecule has 38 heavy (non-hydrogen) atoms. The molecule has 1 aliphatic carbocycles. The Balaban J connectivity index is 1.26. The molecule has 0 fully saturated rings. The minimum Gasteiger partial charge on any atom is -0.506 e. The Hall–Kier alpha value is -3.40. The van der Waals surface area contributed by atoms with Crippen LogP contribution in [0.3, 0.4) is 0 Å². The van der Waals surface area contributed by atoms with Gasteiger partial charge < -0.3 is 20.8 Å². The summed E-state index contributed by atoms with van der Waals surface area (Å²) in [4.78, 5) is 12.7. The second-order valence-electron chi connectivity index (χ2n) is 10.1. The minimum atomic E-state index is -3.56. The first-order valence-electron chi connectivity index (χ1n) is 12.7. The summed E-state index contributed by atoms with van der Waals surface area (Å²) in [7, 11) is -3.56. The number of aliphatic hydroxyl groups is 1. The molecule has 202 valence electrons. The monoisotopic (exact) mass is 537 g/mol. The maximum Gasteiger partial charge on any atom is 0.229 e. The highest BCUT2D eigenvalue weighted by molar-refractivity contribution is 7.92. The third-order valence-corrected chi connectivity index (χ3v) is 7.27. The standard InChI is InChI=1S/C29H35N3O5S/c1-19(30-18-28(34)24-10-11-27(33)26(17-24)32-38(2,36)37)12-20-6-5-7-21(13-20)14-29(35)31-25-15-22-8-3-4-9-23(22)16-25/h3-11,13,17,19,25,28,30,32-34H,12,14-16,18H2,1-2H3,(H,31,35)/t19-,28+/m1/s1. The predicted octanol–water partition coefficient (Wildman–Crippen LogP) is 2.84. The van der Waals surface area contributed by atoms with Crippen LogP contribution in [-0.2, 0) is 40.5 Å². The lowest BCUT2D eigenvalue weighted by Crippen LogP contribution is -2.36. The molecule has 0 saturated heterocycles. The predicted molar refractivity (Wildman–Crippen MR) is 149 cm³/mol. The molecule has 0 saturated carbocycles. The number of benzene rings is 3. The van der Waals surface area contributed by atoms with Gasteiger partial charge in [0.1, 0.15) is 5.75 Å². The minimum absolute atomic E-state index is 0.0212. The highest BCUT2D eigenvalue weighted by Crippen LogP contribution is 2.28. The first-order valence-corrected chi connectivity index (χ1v) is 14.6. The van der Waals surface area contributed by atoms with E-state index in [1.54, 1.807) is 6.07 Å². The molecule has 1 amide bonds. The van der Waals surface area contributed by atoms with Gasteiger partial charge in [-0.1, -0.05) is 54.6 Å². The quantitative estimate of drug-likeness (QED) is 0.239. The molecule has 0 aliphatic heterocycles. The molecular formula is C29H35N3O5S. The topological polar surface area (TPSA) is 128 Å². The molecule has 0 radical (unpaired) electrons. The number of aliphatic hydroxyl groups excluding tert-OH is 1. The van der Waals surface area contributed by atoms with Gasteiger partial charge in [-0.2, -0.15) is 0 Å². The highest BCUT2D eigenvalue weighted by atomic mass is 32.2. The summed E-state index contributed by atoms with van der Waals surface area (Å²) < 4.78 is 25.3. The highest BCUT2D eigenvalue weighted by Gasteiger charge is 2.22. The molecule has 3 aromatic rings. The maximum atomic E-state index is 12.7. The van der Waals surface area contributed by atoms with Gasteiger partial charge in [0.25, 0.3) is 0 Å². The van der Waals surface area contributed by atoms with Crippen LogP contribution < -0.4 is 15.4 Å². The number of amides is 1. The van der Waals surface area contributed by atoms with E-state index in [2.05, 4.69) is 27.5 Å². The fraction of sp³-hybridized carbons (Fsp3) is 0.345. The fourth-order valence-electron chi connectivity index (χ4n) is 4.89. The maximum absolute atomic E-state index is 12.7. The molecule has 0 aromatic heterocycles. The van der Waals surface area contributed by atoms with Crippen molar-refractivity contribution in [1.29, 1.82) is 0 Å². The van der Waals surface area contributed by atoms with Gasteiger partial charge in [-0.25, -0.2) is 8.42 Å². The van der Waals surface area contributed by atoms with Crippen molar-refractivity contribution in [3.05, 3.63) is 94.5 Å². The van der Waals surface area contributed by atoms with Gasteiger partial charge in [0.15, 0.2) is 0 Å². The summed E-state index contributed by atoms with van der Waals surface area (Å²) in [6.45, 7) is 2.26. The van der Waals surface area contributed by atoms with Crippen LogP contribution in [0.25, 0.3) is 0 Å². The van der Waals surface area contributed by atoms with Crippen LogP contribution in [0.15, 0.2) is 66.7 Å². The molecule has 0 heterocycles. The first-order chi connectivity index (χ1) is 18.1. The van der Waals surface area contributed by atoms with Crippen molar-refractivity contribution >= 4 is 21.6 Å². The first kappa shape index (κ1) is 27.6. The number of sulfonamides is 1. The van der Waals surface area contributed by atoms with E-state index in [1.807, 2.05) is 43.3 Å². The van der Waals surface area contributed by atoms with Crippen LogP contribution in [0.4, 0.5) is 5.69 Å². The second-order valence-corrected chi connectivity index (χ2v) is 11.9. The summed E-state index contributed by atoms with van der Waals surface area (Å²) in [5.74, 6) is -0.192. The number of carbonyl (C=O) groups is 1. The molecular weight excluding hydrogens is 502 g/mol. The average Bonchev–Trinajstić information content (AvgIpc) is 3.25. The molecule has 0 bridgehead atoms. The third-order valence-electron chi connectivity index (χ3n) is 6.67. The number of aromatic hydroxyl groups is 1. The van der Waals surface area contributed by atoms with Crippen molar-refractivity contribution in [1.82, 2.24) is 10.6 Å². The molecule has 1 aliphatic rings. The van der Waals surface area contributed by atoms with E-state index in [4.69, 9.17) is 0 Å².